The van der Waals surface area contributed by atoms with Crippen molar-refractivity contribution in [3.8, 4) is 0 Å². The normalized spacial score (nSPS) is 15.8. The Hall–Kier alpha value is -1.89. The zero-order chi connectivity index (χ0) is 19.2. The first-order valence-electron chi connectivity index (χ1n) is 9.04. The van der Waals surface area contributed by atoms with Crippen molar-refractivity contribution >= 4 is 21.8 Å². The van der Waals surface area contributed by atoms with Gasteiger partial charge in [0.15, 0.2) is 9.84 Å². The van der Waals surface area contributed by atoms with Gasteiger partial charge in [0.1, 0.15) is 0 Å². The van der Waals surface area contributed by atoms with Gasteiger partial charge in [-0.1, -0.05) is 50.6 Å². The van der Waals surface area contributed by atoms with Crippen LogP contribution in [0.4, 0.5) is 4.79 Å². The summed E-state index contributed by atoms with van der Waals surface area (Å²) in [6.45, 7) is 4.90. The lowest BCUT2D eigenvalue weighted by atomic mass is 9.87. The SMILES string of the molecule is CC(C)(CS(=O)(=O)CCCCCN1CCC(=O)NC1=O)c1ccccc1. The van der Waals surface area contributed by atoms with Gasteiger partial charge >= 0.3 is 6.03 Å². The molecule has 0 spiro atoms. The predicted octanol–water partition coefficient (Wildman–Crippen LogP) is 2.49. The Bertz CT molecular complexity index is 729. The van der Waals surface area contributed by atoms with Crippen molar-refractivity contribution in [1.82, 2.24) is 10.2 Å². The molecule has 0 aliphatic carbocycles. The summed E-state index contributed by atoms with van der Waals surface area (Å²) in [7, 11) is -3.15. The Kier molecular flexibility index (Phi) is 6.81. The quantitative estimate of drug-likeness (QED) is 0.667. The second kappa shape index (κ2) is 8.66. The fourth-order valence-corrected chi connectivity index (χ4v) is 5.26. The minimum atomic E-state index is -3.15. The number of imide groups is 1. The molecule has 1 aromatic carbocycles. The number of hydrogen-bond donors (Lipinski definition) is 1. The van der Waals surface area contributed by atoms with Crippen LogP contribution in [0, 0.1) is 0 Å². The molecule has 0 bridgehead atoms. The van der Waals surface area contributed by atoms with Crippen LogP contribution in [0.2, 0.25) is 0 Å². The van der Waals surface area contributed by atoms with E-state index >= 15 is 0 Å². The van der Waals surface area contributed by atoms with E-state index in [2.05, 4.69) is 5.32 Å². The Morgan fingerprint density at radius 2 is 1.77 bits per heavy atom. The zero-order valence-corrected chi connectivity index (χ0v) is 16.3. The van der Waals surface area contributed by atoms with Crippen molar-refractivity contribution in [3.05, 3.63) is 35.9 Å². The van der Waals surface area contributed by atoms with E-state index < -0.39 is 15.3 Å². The number of nitrogens with zero attached hydrogens (tertiary/aromatic N) is 1. The maximum absolute atomic E-state index is 12.5. The minimum absolute atomic E-state index is 0.126. The smallest absolute Gasteiger partial charge is 0.324 e. The van der Waals surface area contributed by atoms with Crippen LogP contribution in [0.25, 0.3) is 0 Å². The van der Waals surface area contributed by atoms with E-state index in [1.54, 1.807) is 4.90 Å². The number of nitrogens with one attached hydrogen (secondary N) is 1. The highest BCUT2D eigenvalue weighted by Gasteiger charge is 2.27. The van der Waals surface area contributed by atoms with E-state index in [1.807, 2.05) is 44.2 Å². The first-order valence-corrected chi connectivity index (χ1v) is 10.9. The number of amides is 3. The standard InChI is InChI=1S/C19H28N2O4S/c1-19(2,16-9-5-3-6-10-16)15-26(24,25)14-8-4-7-12-21-13-11-17(22)20-18(21)23/h3,5-6,9-10H,4,7-8,11-15H2,1-2H3,(H,20,22,23). The molecule has 7 heteroatoms. The topological polar surface area (TPSA) is 83.6 Å². The molecule has 0 unspecified atom stereocenters. The monoisotopic (exact) mass is 380 g/mol. The second-order valence-electron chi connectivity index (χ2n) is 7.49. The number of carbonyl (C=O) groups is 2. The molecule has 1 fully saturated rings. The molecular weight excluding hydrogens is 352 g/mol. The summed E-state index contributed by atoms with van der Waals surface area (Å²) in [6, 6.07) is 9.35. The average molecular weight is 381 g/mol. The summed E-state index contributed by atoms with van der Waals surface area (Å²) in [5.41, 5.74) is 0.604. The molecule has 26 heavy (non-hydrogen) atoms. The van der Waals surface area contributed by atoms with Crippen LogP contribution in [0.5, 0.6) is 0 Å². The number of carbonyl (C=O) groups excluding carboxylic acids is 2. The van der Waals surface area contributed by atoms with Gasteiger partial charge in [-0.05, 0) is 18.4 Å². The average Bonchev–Trinajstić information content (AvgIpc) is 2.56. The minimum Gasteiger partial charge on any atom is -0.324 e. The molecule has 0 aromatic heterocycles. The van der Waals surface area contributed by atoms with Crippen molar-refractivity contribution in [2.24, 2.45) is 0 Å². The van der Waals surface area contributed by atoms with Gasteiger partial charge in [-0.3, -0.25) is 10.1 Å². The predicted molar refractivity (Wildman–Crippen MR) is 102 cm³/mol. The van der Waals surface area contributed by atoms with Gasteiger partial charge in [0.2, 0.25) is 5.91 Å². The molecular formula is C19H28N2O4S. The van der Waals surface area contributed by atoms with E-state index in [1.165, 1.54) is 0 Å². The molecule has 144 valence electrons. The van der Waals surface area contributed by atoms with Crippen molar-refractivity contribution in [2.45, 2.75) is 44.9 Å². The molecule has 1 saturated heterocycles. The van der Waals surface area contributed by atoms with Gasteiger partial charge in [0, 0.05) is 24.9 Å². The Balaban J connectivity index is 1.73. The Labute approximate surface area is 155 Å². The molecule has 1 aromatic rings. The summed E-state index contributed by atoms with van der Waals surface area (Å²) < 4.78 is 24.9. The summed E-state index contributed by atoms with van der Waals surface area (Å²) in [4.78, 5) is 24.3. The lowest BCUT2D eigenvalue weighted by Gasteiger charge is -2.26. The number of benzene rings is 1. The summed E-state index contributed by atoms with van der Waals surface area (Å²) in [5.74, 6) is 0.0487. The Morgan fingerprint density at radius 3 is 2.42 bits per heavy atom. The molecule has 1 aliphatic rings. The van der Waals surface area contributed by atoms with E-state index in [9.17, 15) is 18.0 Å². The molecule has 1 aliphatic heterocycles. The fourth-order valence-electron chi connectivity index (χ4n) is 3.21. The number of unbranched alkanes of at least 4 members (excludes halogenated alkanes) is 2. The zero-order valence-electron chi connectivity index (χ0n) is 15.5. The van der Waals surface area contributed by atoms with E-state index in [0.29, 0.717) is 25.9 Å². The maximum Gasteiger partial charge on any atom is 0.324 e. The molecule has 2 rings (SSSR count). The molecule has 0 atom stereocenters. The molecule has 3 amide bonds. The fraction of sp³-hybridized carbons (Fsp3) is 0.579. The molecule has 0 saturated carbocycles. The van der Waals surface area contributed by atoms with Gasteiger partial charge in [-0.15, -0.1) is 0 Å². The van der Waals surface area contributed by atoms with E-state index in [4.69, 9.17) is 0 Å². The lowest BCUT2D eigenvalue weighted by Crippen LogP contribution is -2.49. The second-order valence-corrected chi connectivity index (χ2v) is 9.68. The van der Waals surface area contributed by atoms with E-state index in [-0.39, 0.29) is 23.4 Å². The summed E-state index contributed by atoms with van der Waals surface area (Å²) in [5, 5.41) is 2.29. The number of urea groups is 1. The third-order valence-corrected chi connectivity index (χ3v) is 6.73. The number of sulfone groups is 1. The maximum atomic E-state index is 12.5. The van der Waals surface area contributed by atoms with Gasteiger partial charge in [0.25, 0.3) is 0 Å². The van der Waals surface area contributed by atoms with Gasteiger partial charge in [-0.25, -0.2) is 13.2 Å². The van der Waals surface area contributed by atoms with Crippen LogP contribution in [-0.4, -0.2) is 49.9 Å². The summed E-state index contributed by atoms with van der Waals surface area (Å²) in [6.07, 6.45) is 2.39. The van der Waals surface area contributed by atoms with Gasteiger partial charge in [-0.2, -0.15) is 0 Å². The van der Waals surface area contributed by atoms with E-state index in [0.717, 1.165) is 18.4 Å². The van der Waals surface area contributed by atoms with Crippen LogP contribution in [-0.2, 0) is 20.0 Å². The number of rotatable bonds is 9. The Morgan fingerprint density at radius 1 is 1.08 bits per heavy atom. The molecule has 0 radical (unpaired) electrons. The van der Waals surface area contributed by atoms with Crippen LogP contribution in [0.3, 0.4) is 0 Å². The van der Waals surface area contributed by atoms with Crippen molar-refractivity contribution in [2.75, 3.05) is 24.6 Å². The number of hydrogen-bond acceptors (Lipinski definition) is 4. The summed E-state index contributed by atoms with van der Waals surface area (Å²) >= 11 is 0. The third kappa shape index (κ3) is 6.12. The first kappa shape index (κ1) is 20.4. The van der Waals surface area contributed by atoms with Crippen LogP contribution >= 0.6 is 0 Å². The van der Waals surface area contributed by atoms with Crippen LogP contribution in [0.15, 0.2) is 30.3 Å². The third-order valence-electron chi connectivity index (χ3n) is 4.66. The highest BCUT2D eigenvalue weighted by Crippen LogP contribution is 2.25. The van der Waals surface area contributed by atoms with Crippen molar-refractivity contribution in [3.63, 3.8) is 0 Å². The van der Waals surface area contributed by atoms with Crippen molar-refractivity contribution < 1.29 is 18.0 Å². The highest BCUT2D eigenvalue weighted by atomic mass is 32.2. The van der Waals surface area contributed by atoms with Crippen molar-refractivity contribution in [1.29, 1.82) is 0 Å². The van der Waals surface area contributed by atoms with Gasteiger partial charge in [0.05, 0.1) is 11.5 Å². The highest BCUT2D eigenvalue weighted by molar-refractivity contribution is 7.91. The lowest BCUT2D eigenvalue weighted by molar-refractivity contribution is -0.121. The largest absolute Gasteiger partial charge is 0.324 e. The molecule has 6 nitrogen and oxygen atoms in total. The molecule has 1 N–H and O–H groups in total. The molecule has 1 heterocycles. The van der Waals surface area contributed by atoms with Crippen LogP contribution in [0.1, 0.15) is 45.1 Å². The van der Waals surface area contributed by atoms with Crippen LogP contribution < -0.4 is 5.32 Å². The van der Waals surface area contributed by atoms with Gasteiger partial charge < -0.3 is 4.90 Å². The first-order chi connectivity index (χ1) is 12.2.